The van der Waals surface area contributed by atoms with E-state index in [0.717, 1.165) is 36.4 Å². The molecule has 2 N–H and O–H groups in total. The molecule has 1 amide bonds. The summed E-state index contributed by atoms with van der Waals surface area (Å²) < 4.78 is 5.39. The highest BCUT2D eigenvalue weighted by molar-refractivity contribution is 7.80. The molecule has 0 bridgehead atoms. The van der Waals surface area contributed by atoms with Gasteiger partial charge in [0.25, 0.3) is 0 Å². The van der Waals surface area contributed by atoms with Crippen molar-refractivity contribution in [3.8, 4) is 5.75 Å². The van der Waals surface area contributed by atoms with Gasteiger partial charge in [0, 0.05) is 37.8 Å². The van der Waals surface area contributed by atoms with Crippen molar-refractivity contribution >= 4 is 23.1 Å². The number of rotatable bonds is 4. The molecule has 1 fully saturated rings. The Morgan fingerprint density at radius 1 is 1.43 bits per heavy atom. The van der Waals surface area contributed by atoms with E-state index in [2.05, 4.69) is 4.90 Å². The number of hydrogen-bond acceptors (Lipinski definition) is 4. The van der Waals surface area contributed by atoms with E-state index in [1.54, 1.807) is 12.0 Å². The Labute approximate surface area is 130 Å². The molecule has 0 aliphatic carbocycles. The lowest BCUT2D eigenvalue weighted by molar-refractivity contribution is -0.130. The van der Waals surface area contributed by atoms with Crippen LogP contribution in [0.4, 0.5) is 0 Å². The van der Waals surface area contributed by atoms with Gasteiger partial charge in [0.2, 0.25) is 5.91 Å². The maximum absolute atomic E-state index is 12.0. The Bertz CT molecular complexity index is 548. The number of benzene rings is 1. The van der Waals surface area contributed by atoms with E-state index in [4.69, 9.17) is 22.7 Å². The van der Waals surface area contributed by atoms with E-state index < -0.39 is 0 Å². The van der Waals surface area contributed by atoms with Crippen LogP contribution in [0.3, 0.4) is 0 Å². The van der Waals surface area contributed by atoms with Crippen molar-refractivity contribution < 1.29 is 9.53 Å². The average molecular weight is 307 g/mol. The summed E-state index contributed by atoms with van der Waals surface area (Å²) in [4.78, 5) is 16.2. The van der Waals surface area contributed by atoms with Crippen LogP contribution in [0, 0.1) is 0 Å². The Morgan fingerprint density at radius 3 is 2.86 bits per heavy atom. The summed E-state index contributed by atoms with van der Waals surface area (Å²) >= 11 is 5.02. The molecule has 6 heteroatoms. The van der Waals surface area contributed by atoms with Gasteiger partial charge in [-0.1, -0.05) is 12.2 Å². The van der Waals surface area contributed by atoms with Crippen molar-refractivity contribution in [2.75, 3.05) is 33.8 Å². The van der Waals surface area contributed by atoms with Gasteiger partial charge in [-0.15, -0.1) is 0 Å². The molecule has 1 aromatic carbocycles. The van der Waals surface area contributed by atoms with Crippen molar-refractivity contribution in [1.82, 2.24) is 9.80 Å². The van der Waals surface area contributed by atoms with Crippen molar-refractivity contribution in [3.63, 3.8) is 0 Å². The number of nitrogens with zero attached hydrogens (tertiary/aromatic N) is 2. The number of amides is 1. The first-order valence-electron chi connectivity index (χ1n) is 6.94. The van der Waals surface area contributed by atoms with E-state index in [9.17, 15) is 4.79 Å². The molecule has 1 saturated heterocycles. The summed E-state index contributed by atoms with van der Waals surface area (Å²) in [6.45, 7) is 2.77. The van der Waals surface area contributed by atoms with Gasteiger partial charge in [-0.3, -0.25) is 9.69 Å². The quantitative estimate of drug-likeness (QED) is 0.841. The van der Waals surface area contributed by atoms with Crippen LogP contribution in [0.15, 0.2) is 18.2 Å². The number of thiocarbonyl (C=S) groups is 1. The lowest BCUT2D eigenvalue weighted by Crippen LogP contribution is -2.34. The molecule has 114 valence electrons. The molecule has 0 atom stereocenters. The second-order valence-corrected chi connectivity index (χ2v) is 5.71. The molecule has 1 aliphatic rings. The van der Waals surface area contributed by atoms with Crippen molar-refractivity contribution in [1.29, 1.82) is 0 Å². The summed E-state index contributed by atoms with van der Waals surface area (Å²) in [5, 5.41) is 0. The molecule has 0 spiro atoms. The minimum absolute atomic E-state index is 0.150. The maximum atomic E-state index is 12.0. The summed E-state index contributed by atoms with van der Waals surface area (Å²) in [6.07, 6.45) is 0.972. The number of carbonyl (C=O) groups is 1. The van der Waals surface area contributed by atoms with Gasteiger partial charge in [0.05, 0.1) is 13.7 Å². The van der Waals surface area contributed by atoms with Crippen LogP contribution in [0.25, 0.3) is 0 Å². The van der Waals surface area contributed by atoms with Crippen LogP contribution >= 0.6 is 12.2 Å². The second-order valence-electron chi connectivity index (χ2n) is 5.27. The lowest BCUT2D eigenvalue weighted by atomic mass is 10.1. The highest BCUT2D eigenvalue weighted by atomic mass is 32.1. The lowest BCUT2D eigenvalue weighted by Gasteiger charge is -2.21. The number of nitrogens with two attached hydrogens (primary N) is 1. The number of ether oxygens (including phenoxy) is 1. The topological polar surface area (TPSA) is 58.8 Å². The zero-order valence-corrected chi connectivity index (χ0v) is 13.3. The van der Waals surface area contributed by atoms with Gasteiger partial charge in [0.1, 0.15) is 10.7 Å². The fourth-order valence-corrected chi connectivity index (χ4v) is 2.61. The predicted molar refractivity (Wildman–Crippen MR) is 86.4 cm³/mol. The third-order valence-electron chi connectivity index (χ3n) is 3.71. The first-order chi connectivity index (χ1) is 10.0. The van der Waals surface area contributed by atoms with Crippen LogP contribution in [-0.2, 0) is 11.3 Å². The third-order valence-corrected chi connectivity index (χ3v) is 3.95. The Morgan fingerprint density at radius 2 is 2.19 bits per heavy atom. The SMILES string of the molecule is COc1ccc(C(N)=S)cc1CN1CCCN(C)C(=O)C1. The van der Waals surface area contributed by atoms with Gasteiger partial charge in [-0.25, -0.2) is 0 Å². The molecule has 1 aromatic rings. The van der Waals surface area contributed by atoms with Crippen LogP contribution in [-0.4, -0.2) is 54.5 Å². The standard InChI is InChI=1S/C15H21N3O2S/c1-17-6-3-7-18(10-14(17)19)9-12-8-11(15(16)21)4-5-13(12)20-2/h4-5,8H,3,6-7,9-10H2,1-2H3,(H2,16,21). The summed E-state index contributed by atoms with van der Waals surface area (Å²) in [6, 6.07) is 5.67. The summed E-state index contributed by atoms with van der Waals surface area (Å²) in [5.41, 5.74) is 7.51. The van der Waals surface area contributed by atoms with Gasteiger partial charge >= 0.3 is 0 Å². The first kappa shape index (κ1) is 15.7. The van der Waals surface area contributed by atoms with Gasteiger partial charge in [-0.2, -0.15) is 0 Å². The number of methoxy groups -OCH3 is 1. The highest BCUT2D eigenvalue weighted by Gasteiger charge is 2.20. The Balaban J connectivity index is 2.19. The molecular formula is C15H21N3O2S. The third kappa shape index (κ3) is 3.92. The maximum Gasteiger partial charge on any atom is 0.236 e. The van der Waals surface area contributed by atoms with Crippen molar-refractivity contribution in [2.24, 2.45) is 5.73 Å². The number of carbonyl (C=O) groups excluding carboxylic acids is 1. The fourth-order valence-electron chi connectivity index (χ4n) is 2.48. The van der Waals surface area contributed by atoms with Gasteiger partial charge in [0.15, 0.2) is 0 Å². The minimum Gasteiger partial charge on any atom is -0.496 e. The zero-order valence-electron chi connectivity index (χ0n) is 12.5. The zero-order chi connectivity index (χ0) is 15.4. The van der Waals surface area contributed by atoms with Gasteiger partial charge in [-0.05, 0) is 24.6 Å². The molecular weight excluding hydrogens is 286 g/mol. The van der Waals surface area contributed by atoms with E-state index >= 15 is 0 Å². The van der Waals surface area contributed by atoms with E-state index in [-0.39, 0.29) is 5.91 Å². The fraction of sp³-hybridized carbons (Fsp3) is 0.467. The van der Waals surface area contributed by atoms with Crippen LogP contribution in [0.1, 0.15) is 17.5 Å². The molecule has 0 saturated carbocycles. The van der Waals surface area contributed by atoms with E-state index in [1.165, 1.54) is 0 Å². The van der Waals surface area contributed by atoms with E-state index in [0.29, 0.717) is 18.1 Å². The number of hydrogen-bond donors (Lipinski definition) is 1. The van der Waals surface area contributed by atoms with Crippen molar-refractivity contribution in [3.05, 3.63) is 29.3 Å². The number of likely N-dealkylation sites (N-methyl/N-ethyl adjacent to an activating group) is 1. The molecule has 0 aromatic heterocycles. The molecule has 1 aliphatic heterocycles. The second kappa shape index (κ2) is 6.87. The highest BCUT2D eigenvalue weighted by Crippen LogP contribution is 2.22. The Kier molecular flexibility index (Phi) is 5.14. The van der Waals surface area contributed by atoms with Crippen LogP contribution in [0.2, 0.25) is 0 Å². The molecule has 5 nitrogen and oxygen atoms in total. The monoisotopic (exact) mass is 307 g/mol. The van der Waals surface area contributed by atoms with Crippen LogP contribution < -0.4 is 10.5 Å². The average Bonchev–Trinajstić information content (AvgIpc) is 2.61. The molecule has 21 heavy (non-hydrogen) atoms. The van der Waals surface area contributed by atoms with Gasteiger partial charge < -0.3 is 15.4 Å². The molecule has 0 unspecified atom stereocenters. The molecule has 2 rings (SSSR count). The normalized spacial score (nSPS) is 16.7. The summed E-state index contributed by atoms with van der Waals surface area (Å²) in [7, 11) is 3.49. The minimum atomic E-state index is 0.150. The van der Waals surface area contributed by atoms with Crippen LogP contribution in [0.5, 0.6) is 5.75 Å². The molecule has 0 radical (unpaired) electrons. The van der Waals surface area contributed by atoms with Crippen molar-refractivity contribution in [2.45, 2.75) is 13.0 Å². The molecule has 1 heterocycles. The summed E-state index contributed by atoms with van der Waals surface area (Å²) in [5.74, 6) is 0.942. The predicted octanol–water partition coefficient (Wildman–Crippen LogP) is 0.994. The Hall–Kier alpha value is -1.66. The first-order valence-corrected chi connectivity index (χ1v) is 7.35. The van der Waals surface area contributed by atoms with E-state index in [1.807, 2.05) is 25.2 Å². The largest absolute Gasteiger partial charge is 0.496 e. The smallest absolute Gasteiger partial charge is 0.236 e.